The van der Waals surface area contributed by atoms with Crippen LogP contribution in [0.1, 0.15) is 31.2 Å². The minimum Gasteiger partial charge on any atom is -0.454 e. The van der Waals surface area contributed by atoms with Crippen molar-refractivity contribution in [2.45, 2.75) is 37.6 Å². The van der Waals surface area contributed by atoms with Gasteiger partial charge in [0.2, 0.25) is 18.6 Å². The van der Waals surface area contributed by atoms with Crippen molar-refractivity contribution in [2.24, 2.45) is 0 Å². The summed E-state index contributed by atoms with van der Waals surface area (Å²) in [4.78, 5) is 31.2. The first-order valence-electron chi connectivity index (χ1n) is 10.1. The van der Waals surface area contributed by atoms with E-state index in [0.717, 1.165) is 49.5 Å². The maximum Gasteiger partial charge on any atom is 0.231 e. The van der Waals surface area contributed by atoms with Gasteiger partial charge in [-0.2, -0.15) is 0 Å². The molecular formula is C21H29N3O4. The second-order valence-electron chi connectivity index (χ2n) is 8.21. The van der Waals surface area contributed by atoms with Gasteiger partial charge >= 0.3 is 0 Å². The second kappa shape index (κ2) is 7.62. The van der Waals surface area contributed by atoms with Crippen LogP contribution in [0.4, 0.5) is 0 Å². The van der Waals surface area contributed by atoms with Crippen LogP contribution in [0.15, 0.2) is 18.2 Å². The van der Waals surface area contributed by atoms with Crippen LogP contribution in [0.5, 0.6) is 11.5 Å². The van der Waals surface area contributed by atoms with E-state index in [4.69, 9.17) is 9.47 Å². The average Bonchev–Trinajstić information content (AvgIpc) is 3.12. The van der Waals surface area contributed by atoms with E-state index >= 15 is 0 Å². The molecule has 28 heavy (non-hydrogen) atoms. The Kier molecular flexibility index (Phi) is 5.19. The number of ether oxygens (including phenoxy) is 2. The molecule has 1 aromatic rings. The van der Waals surface area contributed by atoms with Gasteiger partial charge in [0.25, 0.3) is 0 Å². The molecule has 0 aromatic heterocycles. The van der Waals surface area contributed by atoms with Crippen molar-refractivity contribution >= 4 is 11.8 Å². The zero-order chi connectivity index (χ0) is 19.7. The van der Waals surface area contributed by atoms with Crippen LogP contribution in [0, 0.1) is 0 Å². The number of fused-ring (bicyclic) bond motifs is 1. The number of carbonyl (C=O) groups is 2. The van der Waals surface area contributed by atoms with E-state index in [9.17, 15) is 9.59 Å². The van der Waals surface area contributed by atoms with Gasteiger partial charge in [0, 0.05) is 51.6 Å². The Morgan fingerprint density at radius 1 is 1.11 bits per heavy atom. The first-order chi connectivity index (χ1) is 13.5. The lowest BCUT2D eigenvalue weighted by Crippen LogP contribution is -2.62. The number of benzene rings is 1. The fourth-order valence-electron chi connectivity index (χ4n) is 4.48. The van der Waals surface area contributed by atoms with Crippen molar-refractivity contribution in [2.75, 3.05) is 47.1 Å². The molecule has 7 heteroatoms. The molecule has 1 atom stereocenters. The maximum absolute atomic E-state index is 12.9. The monoisotopic (exact) mass is 387 g/mol. The minimum atomic E-state index is -0.0902. The Morgan fingerprint density at radius 3 is 2.79 bits per heavy atom. The highest BCUT2D eigenvalue weighted by atomic mass is 16.7. The third kappa shape index (κ3) is 3.68. The third-order valence-corrected chi connectivity index (χ3v) is 6.56. The molecule has 3 heterocycles. The molecule has 0 saturated carbocycles. The molecule has 152 valence electrons. The van der Waals surface area contributed by atoms with Crippen molar-refractivity contribution in [3.63, 3.8) is 0 Å². The molecular weight excluding hydrogens is 358 g/mol. The van der Waals surface area contributed by atoms with Crippen molar-refractivity contribution in [1.29, 1.82) is 0 Å². The summed E-state index contributed by atoms with van der Waals surface area (Å²) in [6.45, 7) is 3.33. The summed E-state index contributed by atoms with van der Waals surface area (Å²) >= 11 is 0. The van der Waals surface area contributed by atoms with E-state index in [1.165, 1.54) is 0 Å². The van der Waals surface area contributed by atoms with E-state index in [1.54, 1.807) is 0 Å². The molecule has 2 saturated heterocycles. The standard InChI is InChI=1S/C21H29N3O4/c1-22-10-9-21(8-7-19(22)25)14-24(12-11-23(21)2)20(26)6-4-16-3-5-17-18(13-16)28-15-27-17/h3,5,13H,4,6-12,14-15H2,1-2H3/t21-/m1/s1. The van der Waals surface area contributed by atoms with Gasteiger partial charge in [-0.3, -0.25) is 14.5 Å². The summed E-state index contributed by atoms with van der Waals surface area (Å²) < 4.78 is 10.8. The lowest BCUT2D eigenvalue weighted by Gasteiger charge is -2.49. The number of nitrogens with zero attached hydrogens (tertiary/aromatic N) is 3. The highest BCUT2D eigenvalue weighted by molar-refractivity contribution is 5.77. The summed E-state index contributed by atoms with van der Waals surface area (Å²) in [5.74, 6) is 1.92. The number of likely N-dealkylation sites (N-methyl/N-ethyl adjacent to an activating group) is 1. The zero-order valence-electron chi connectivity index (χ0n) is 16.8. The molecule has 0 unspecified atom stereocenters. The van der Waals surface area contributed by atoms with Crippen LogP contribution >= 0.6 is 0 Å². The van der Waals surface area contributed by atoms with Crippen LogP contribution in [0.2, 0.25) is 0 Å². The lowest BCUT2D eigenvalue weighted by molar-refractivity contribution is -0.136. The largest absolute Gasteiger partial charge is 0.454 e. The Labute approximate surface area is 166 Å². The van der Waals surface area contributed by atoms with Gasteiger partial charge in [0.05, 0.1) is 0 Å². The predicted molar refractivity (Wildman–Crippen MR) is 104 cm³/mol. The fourth-order valence-corrected chi connectivity index (χ4v) is 4.48. The molecule has 2 fully saturated rings. The predicted octanol–water partition coefficient (Wildman–Crippen LogP) is 1.50. The molecule has 0 aliphatic carbocycles. The van der Waals surface area contributed by atoms with E-state index in [-0.39, 0.29) is 24.1 Å². The number of hydrogen-bond acceptors (Lipinski definition) is 5. The van der Waals surface area contributed by atoms with Gasteiger partial charge < -0.3 is 19.3 Å². The first kappa shape index (κ1) is 19.1. The van der Waals surface area contributed by atoms with Crippen LogP contribution in [0.3, 0.4) is 0 Å². The van der Waals surface area contributed by atoms with Crippen LogP contribution in [-0.4, -0.2) is 79.1 Å². The summed E-state index contributed by atoms with van der Waals surface area (Å²) in [7, 11) is 4.00. The number of carbonyl (C=O) groups excluding carboxylic acids is 2. The average molecular weight is 387 g/mol. The van der Waals surface area contributed by atoms with Crippen molar-refractivity contribution < 1.29 is 19.1 Å². The van der Waals surface area contributed by atoms with E-state index < -0.39 is 0 Å². The van der Waals surface area contributed by atoms with Gasteiger partial charge in [0.1, 0.15) is 0 Å². The molecule has 0 bridgehead atoms. The smallest absolute Gasteiger partial charge is 0.231 e. The Balaban J connectivity index is 1.38. The van der Waals surface area contributed by atoms with Gasteiger partial charge in [-0.25, -0.2) is 0 Å². The number of rotatable bonds is 3. The highest BCUT2D eigenvalue weighted by Gasteiger charge is 2.42. The van der Waals surface area contributed by atoms with Gasteiger partial charge in [-0.05, 0) is 44.0 Å². The van der Waals surface area contributed by atoms with Crippen LogP contribution in [-0.2, 0) is 16.0 Å². The maximum atomic E-state index is 12.9. The van der Waals surface area contributed by atoms with Crippen LogP contribution < -0.4 is 9.47 Å². The summed E-state index contributed by atoms with van der Waals surface area (Å²) in [6.07, 6.45) is 3.46. The molecule has 3 aliphatic heterocycles. The molecule has 1 spiro atoms. The van der Waals surface area contributed by atoms with Gasteiger partial charge in [-0.15, -0.1) is 0 Å². The summed E-state index contributed by atoms with van der Waals surface area (Å²) in [5.41, 5.74) is 0.996. The zero-order valence-corrected chi connectivity index (χ0v) is 16.8. The summed E-state index contributed by atoms with van der Waals surface area (Å²) in [6, 6.07) is 5.87. The number of piperazine rings is 1. The van der Waals surface area contributed by atoms with E-state index in [1.807, 2.05) is 35.0 Å². The Bertz CT molecular complexity index is 768. The van der Waals surface area contributed by atoms with E-state index in [2.05, 4.69) is 11.9 Å². The number of likely N-dealkylation sites (tertiary alicyclic amines) is 1. The van der Waals surface area contributed by atoms with Gasteiger partial charge in [-0.1, -0.05) is 6.07 Å². The first-order valence-corrected chi connectivity index (χ1v) is 10.1. The number of aryl methyl sites for hydroxylation is 1. The lowest BCUT2D eigenvalue weighted by atomic mass is 9.86. The third-order valence-electron chi connectivity index (χ3n) is 6.56. The number of amides is 2. The summed E-state index contributed by atoms with van der Waals surface area (Å²) in [5, 5.41) is 0. The minimum absolute atomic E-state index is 0.0902. The van der Waals surface area contributed by atoms with Crippen molar-refractivity contribution in [3.05, 3.63) is 23.8 Å². The molecule has 0 radical (unpaired) electrons. The molecule has 0 N–H and O–H groups in total. The molecule has 2 amide bonds. The quantitative estimate of drug-likeness (QED) is 0.787. The molecule has 4 rings (SSSR count). The fraction of sp³-hybridized carbons (Fsp3) is 0.619. The van der Waals surface area contributed by atoms with Gasteiger partial charge in [0.15, 0.2) is 11.5 Å². The normalized spacial score (nSPS) is 25.3. The Morgan fingerprint density at radius 2 is 1.93 bits per heavy atom. The highest BCUT2D eigenvalue weighted by Crippen LogP contribution is 2.34. The molecule has 1 aromatic carbocycles. The number of hydrogen-bond donors (Lipinski definition) is 0. The van der Waals surface area contributed by atoms with Crippen molar-refractivity contribution in [1.82, 2.24) is 14.7 Å². The van der Waals surface area contributed by atoms with Crippen molar-refractivity contribution in [3.8, 4) is 11.5 Å². The molecule has 3 aliphatic rings. The van der Waals surface area contributed by atoms with E-state index in [0.29, 0.717) is 25.8 Å². The van der Waals surface area contributed by atoms with Crippen LogP contribution in [0.25, 0.3) is 0 Å². The molecule has 7 nitrogen and oxygen atoms in total. The SMILES string of the molecule is CN1CC[C@]2(CCC1=O)CN(C(=O)CCc1ccc3c(c1)OCO3)CCN2C. The topological polar surface area (TPSA) is 62.3 Å². The second-order valence-corrected chi connectivity index (χ2v) is 8.21. The Hall–Kier alpha value is -2.28.